The number of likely N-dealkylation sites (tertiary alicyclic amines) is 1. The standard InChI is InChI=1S/C20H25N5O3/c1-4-27-19(26)12-24-7-5-6-15(11-24)20-16(17-8-14(3)23-28-17)10-21-18-9-13(2)22-25(18)20/h8-10,15H,4-7,11-12H2,1-3H3. The molecule has 1 fully saturated rings. The number of nitrogens with zero attached hydrogens (tertiary/aromatic N) is 5. The quantitative estimate of drug-likeness (QED) is 0.626. The smallest absolute Gasteiger partial charge is 0.320 e. The summed E-state index contributed by atoms with van der Waals surface area (Å²) in [6.07, 6.45) is 3.86. The Morgan fingerprint density at radius 3 is 2.93 bits per heavy atom. The highest BCUT2D eigenvalue weighted by atomic mass is 16.5. The van der Waals surface area contributed by atoms with E-state index in [1.807, 2.05) is 43.6 Å². The molecule has 0 bridgehead atoms. The Labute approximate surface area is 163 Å². The molecule has 148 valence electrons. The number of aryl methyl sites for hydroxylation is 2. The van der Waals surface area contributed by atoms with E-state index in [0.29, 0.717) is 18.9 Å². The van der Waals surface area contributed by atoms with Crippen LogP contribution in [-0.2, 0) is 9.53 Å². The van der Waals surface area contributed by atoms with Gasteiger partial charge in [0, 0.05) is 30.8 Å². The number of fused-ring (bicyclic) bond motifs is 1. The van der Waals surface area contributed by atoms with Crippen molar-refractivity contribution >= 4 is 11.6 Å². The number of esters is 1. The van der Waals surface area contributed by atoms with Gasteiger partial charge in [0.25, 0.3) is 0 Å². The Balaban J connectivity index is 1.72. The van der Waals surface area contributed by atoms with E-state index in [1.54, 1.807) is 0 Å². The van der Waals surface area contributed by atoms with Crippen molar-refractivity contribution in [3.63, 3.8) is 0 Å². The SMILES string of the molecule is CCOC(=O)CN1CCCC(c2c(-c3cc(C)no3)cnc3cc(C)nn23)C1. The topological polar surface area (TPSA) is 85.8 Å². The lowest BCUT2D eigenvalue weighted by atomic mass is 9.91. The molecule has 0 aliphatic carbocycles. The Morgan fingerprint density at radius 2 is 2.18 bits per heavy atom. The van der Waals surface area contributed by atoms with Gasteiger partial charge in [0.2, 0.25) is 0 Å². The fourth-order valence-corrected chi connectivity index (χ4v) is 3.95. The van der Waals surface area contributed by atoms with Crippen molar-refractivity contribution in [2.75, 3.05) is 26.2 Å². The third kappa shape index (κ3) is 3.64. The molecule has 0 saturated carbocycles. The van der Waals surface area contributed by atoms with Crippen LogP contribution in [0, 0.1) is 13.8 Å². The normalized spacial score (nSPS) is 17.9. The largest absolute Gasteiger partial charge is 0.465 e. The molecule has 8 nitrogen and oxygen atoms in total. The third-order valence-corrected chi connectivity index (χ3v) is 5.09. The number of carbonyl (C=O) groups is 1. The predicted octanol–water partition coefficient (Wildman–Crippen LogP) is 2.74. The summed E-state index contributed by atoms with van der Waals surface area (Å²) in [5.41, 5.74) is 4.51. The van der Waals surface area contributed by atoms with Crippen molar-refractivity contribution in [3.8, 4) is 11.3 Å². The first-order valence-corrected chi connectivity index (χ1v) is 9.72. The first-order valence-electron chi connectivity index (χ1n) is 9.72. The van der Waals surface area contributed by atoms with Crippen molar-refractivity contribution in [1.29, 1.82) is 0 Å². The molecule has 8 heteroatoms. The first kappa shape index (κ1) is 18.6. The van der Waals surface area contributed by atoms with Crippen LogP contribution in [0.15, 0.2) is 22.9 Å². The Hall–Kier alpha value is -2.74. The number of piperidine rings is 1. The maximum atomic E-state index is 11.9. The fraction of sp³-hybridized carbons (Fsp3) is 0.500. The summed E-state index contributed by atoms with van der Waals surface area (Å²) in [5.74, 6) is 0.718. The average Bonchev–Trinajstić information content (AvgIpc) is 3.25. The van der Waals surface area contributed by atoms with Crippen molar-refractivity contribution in [3.05, 3.63) is 35.4 Å². The summed E-state index contributed by atoms with van der Waals surface area (Å²) in [5, 5.41) is 8.71. The van der Waals surface area contributed by atoms with Crippen molar-refractivity contribution in [1.82, 2.24) is 24.7 Å². The van der Waals surface area contributed by atoms with Gasteiger partial charge < -0.3 is 9.26 Å². The summed E-state index contributed by atoms with van der Waals surface area (Å²) in [6, 6.07) is 3.89. The van der Waals surface area contributed by atoms with Crippen molar-refractivity contribution in [2.45, 2.75) is 39.5 Å². The Morgan fingerprint density at radius 1 is 1.32 bits per heavy atom. The van der Waals surface area contributed by atoms with E-state index >= 15 is 0 Å². The van der Waals surface area contributed by atoms with E-state index in [4.69, 9.17) is 9.26 Å². The van der Waals surface area contributed by atoms with E-state index in [1.165, 1.54) is 0 Å². The van der Waals surface area contributed by atoms with Crippen molar-refractivity contribution in [2.24, 2.45) is 0 Å². The number of carbonyl (C=O) groups excluding carboxylic acids is 1. The van der Waals surface area contributed by atoms with Gasteiger partial charge in [0.05, 0.1) is 35.8 Å². The predicted molar refractivity (Wildman–Crippen MR) is 103 cm³/mol. The van der Waals surface area contributed by atoms with Gasteiger partial charge in [-0.05, 0) is 40.2 Å². The highest BCUT2D eigenvalue weighted by Gasteiger charge is 2.29. The average molecular weight is 383 g/mol. The molecule has 0 amide bonds. The lowest BCUT2D eigenvalue weighted by molar-refractivity contribution is -0.144. The maximum Gasteiger partial charge on any atom is 0.320 e. The summed E-state index contributed by atoms with van der Waals surface area (Å²) in [4.78, 5) is 18.7. The van der Waals surface area contributed by atoms with Crippen molar-refractivity contribution < 1.29 is 14.1 Å². The minimum absolute atomic E-state index is 0.177. The van der Waals surface area contributed by atoms with Crippen LogP contribution in [0.1, 0.15) is 42.8 Å². The van der Waals surface area contributed by atoms with E-state index in [0.717, 1.165) is 54.2 Å². The van der Waals surface area contributed by atoms with E-state index < -0.39 is 0 Å². The molecule has 1 unspecified atom stereocenters. The molecule has 3 aromatic heterocycles. The van der Waals surface area contributed by atoms with Crippen LogP contribution >= 0.6 is 0 Å². The Kier molecular flexibility index (Phi) is 5.13. The molecular weight excluding hydrogens is 358 g/mol. The van der Waals surface area contributed by atoms with Gasteiger partial charge in [0.1, 0.15) is 0 Å². The second kappa shape index (κ2) is 7.71. The zero-order valence-electron chi connectivity index (χ0n) is 16.5. The molecule has 0 spiro atoms. The molecule has 1 saturated heterocycles. The van der Waals surface area contributed by atoms with E-state index in [2.05, 4.69) is 20.1 Å². The molecular formula is C20H25N5O3. The molecule has 1 atom stereocenters. The van der Waals surface area contributed by atoms with Gasteiger partial charge in [-0.25, -0.2) is 9.50 Å². The summed E-state index contributed by atoms with van der Waals surface area (Å²) in [7, 11) is 0. The summed E-state index contributed by atoms with van der Waals surface area (Å²) >= 11 is 0. The van der Waals surface area contributed by atoms with Gasteiger partial charge in [-0.2, -0.15) is 5.10 Å². The van der Waals surface area contributed by atoms with E-state index in [9.17, 15) is 4.79 Å². The van der Waals surface area contributed by atoms with Crippen LogP contribution < -0.4 is 0 Å². The maximum absolute atomic E-state index is 11.9. The number of ether oxygens (including phenoxy) is 1. The summed E-state index contributed by atoms with van der Waals surface area (Å²) in [6.45, 7) is 8.06. The Bertz CT molecular complexity index is 993. The zero-order valence-corrected chi connectivity index (χ0v) is 16.5. The zero-order chi connectivity index (χ0) is 19.7. The molecule has 3 aromatic rings. The highest BCUT2D eigenvalue weighted by Crippen LogP contribution is 2.34. The minimum Gasteiger partial charge on any atom is -0.465 e. The second-order valence-corrected chi connectivity index (χ2v) is 7.32. The molecule has 28 heavy (non-hydrogen) atoms. The molecule has 1 aliphatic heterocycles. The van der Waals surface area contributed by atoms with Crippen LogP contribution in [0.2, 0.25) is 0 Å². The molecule has 1 aliphatic rings. The van der Waals surface area contributed by atoms with Crippen LogP contribution in [0.3, 0.4) is 0 Å². The molecule has 4 heterocycles. The number of aromatic nitrogens is 4. The van der Waals surface area contributed by atoms with Crippen LogP contribution in [0.5, 0.6) is 0 Å². The summed E-state index contributed by atoms with van der Waals surface area (Å²) < 4.78 is 12.6. The number of hydrogen-bond acceptors (Lipinski definition) is 7. The van der Waals surface area contributed by atoms with Gasteiger partial charge in [-0.15, -0.1) is 0 Å². The number of rotatable bonds is 5. The van der Waals surface area contributed by atoms with Crippen LogP contribution in [0.25, 0.3) is 17.0 Å². The van der Waals surface area contributed by atoms with Crippen LogP contribution in [0.4, 0.5) is 0 Å². The lowest BCUT2D eigenvalue weighted by Gasteiger charge is -2.32. The molecule has 0 N–H and O–H groups in total. The lowest BCUT2D eigenvalue weighted by Crippen LogP contribution is -2.39. The van der Waals surface area contributed by atoms with Gasteiger partial charge >= 0.3 is 5.97 Å². The fourth-order valence-electron chi connectivity index (χ4n) is 3.95. The molecule has 0 radical (unpaired) electrons. The minimum atomic E-state index is -0.177. The van der Waals surface area contributed by atoms with Crippen LogP contribution in [-0.4, -0.2) is 56.9 Å². The van der Waals surface area contributed by atoms with Gasteiger partial charge in [0.15, 0.2) is 11.4 Å². The molecule has 4 rings (SSSR count). The first-order chi connectivity index (χ1) is 13.5. The molecule has 0 aromatic carbocycles. The second-order valence-electron chi connectivity index (χ2n) is 7.32. The van der Waals surface area contributed by atoms with Gasteiger partial charge in [-0.3, -0.25) is 9.69 Å². The number of hydrogen-bond donors (Lipinski definition) is 0. The third-order valence-electron chi connectivity index (χ3n) is 5.09. The van der Waals surface area contributed by atoms with Gasteiger partial charge in [-0.1, -0.05) is 5.16 Å². The van der Waals surface area contributed by atoms with E-state index in [-0.39, 0.29) is 11.9 Å². The monoisotopic (exact) mass is 383 g/mol. The highest BCUT2D eigenvalue weighted by molar-refractivity contribution is 5.71.